The van der Waals surface area contributed by atoms with Crippen molar-refractivity contribution in [1.29, 1.82) is 0 Å². The Morgan fingerprint density at radius 1 is 1.11 bits per heavy atom. The first kappa shape index (κ1) is 20.0. The minimum atomic E-state index is -0.510. The highest BCUT2D eigenvalue weighted by Crippen LogP contribution is 2.21. The van der Waals surface area contributed by atoms with Gasteiger partial charge in [-0.3, -0.25) is 24.6 Å². The summed E-state index contributed by atoms with van der Waals surface area (Å²) in [5.74, 6) is -1.21. The predicted octanol–water partition coefficient (Wildman–Crippen LogP) is 2.55. The molecule has 8 nitrogen and oxygen atoms in total. The number of rotatable bonds is 7. The number of carbonyl (C=O) groups excluding carboxylic acids is 2. The second kappa shape index (κ2) is 8.86. The molecule has 142 valence electrons. The summed E-state index contributed by atoms with van der Waals surface area (Å²) in [6.07, 6.45) is 0. The van der Waals surface area contributed by atoms with Crippen LogP contribution in [0.2, 0.25) is 0 Å². The van der Waals surface area contributed by atoms with Gasteiger partial charge in [0.2, 0.25) is 11.8 Å². The molecule has 0 atom stereocenters. The summed E-state index contributed by atoms with van der Waals surface area (Å²) in [4.78, 5) is 35.8. The molecule has 0 aliphatic carbocycles. The van der Waals surface area contributed by atoms with Crippen LogP contribution < -0.4 is 10.6 Å². The molecule has 2 amide bonds. The van der Waals surface area contributed by atoms with Gasteiger partial charge in [-0.25, -0.2) is 4.39 Å². The average Bonchev–Trinajstić information content (AvgIpc) is 2.56. The van der Waals surface area contributed by atoms with Gasteiger partial charge >= 0.3 is 0 Å². The third kappa shape index (κ3) is 6.15. The number of nitrogens with zero attached hydrogens (tertiary/aromatic N) is 2. The summed E-state index contributed by atoms with van der Waals surface area (Å²) >= 11 is 0. The molecule has 0 aliphatic rings. The van der Waals surface area contributed by atoms with E-state index in [1.54, 1.807) is 20.0 Å². The maximum absolute atomic E-state index is 13.1. The molecule has 2 rings (SSSR count). The largest absolute Gasteiger partial charge is 0.325 e. The van der Waals surface area contributed by atoms with E-state index in [0.29, 0.717) is 16.9 Å². The van der Waals surface area contributed by atoms with E-state index >= 15 is 0 Å². The average molecular weight is 374 g/mol. The van der Waals surface area contributed by atoms with E-state index in [2.05, 4.69) is 10.6 Å². The smallest absolute Gasteiger partial charge is 0.269 e. The van der Waals surface area contributed by atoms with Crippen LogP contribution in [0.4, 0.5) is 21.5 Å². The van der Waals surface area contributed by atoms with Crippen LogP contribution in [0.15, 0.2) is 42.5 Å². The van der Waals surface area contributed by atoms with E-state index < -0.39 is 10.7 Å². The molecular weight excluding hydrogens is 355 g/mol. The third-order valence-electron chi connectivity index (χ3n) is 3.63. The molecule has 0 unspecified atom stereocenters. The molecule has 2 aromatic rings. The molecule has 0 heterocycles. The lowest BCUT2D eigenvalue weighted by Crippen LogP contribution is -2.36. The Kier molecular flexibility index (Phi) is 6.56. The van der Waals surface area contributed by atoms with Crippen molar-refractivity contribution < 1.29 is 18.9 Å². The van der Waals surface area contributed by atoms with Gasteiger partial charge in [-0.15, -0.1) is 0 Å². The molecule has 9 heteroatoms. The fourth-order valence-corrected chi connectivity index (χ4v) is 2.40. The quantitative estimate of drug-likeness (QED) is 0.572. The second-order valence-corrected chi connectivity index (χ2v) is 6.04. The maximum Gasteiger partial charge on any atom is 0.269 e. The summed E-state index contributed by atoms with van der Waals surface area (Å²) in [7, 11) is 1.59. The van der Waals surface area contributed by atoms with Crippen LogP contribution in [0.5, 0.6) is 0 Å². The summed E-state index contributed by atoms with van der Waals surface area (Å²) < 4.78 is 13.1. The summed E-state index contributed by atoms with van der Waals surface area (Å²) in [6, 6.07) is 9.64. The van der Waals surface area contributed by atoms with E-state index in [1.807, 2.05) is 0 Å². The van der Waals surface area contributed by atoms with Crippen molar-refractivity contribution >= 4 is 28.9 Å². The number of nitro groups is 1. The van der Waals surface area contributed by atoms with Gasteiger partial charge in [0.25, 0.3) is 5.69 Å². The molecular formula is C18H19FN4O4. The van der Waals surface area contributed by atoms with Gasteiger partial charge in [0.1, 0.15) is 5.82 Å². The highest BCUT2D eigenvalue weighted by molar-refractivity contribution is 5.95. The topological polar surface area (TPSA) is 105 Å². The number of hydrogen-bond acceptors (Lipinski definition) is 5. The normalized spacial score (nSPS) is 10.5. The van der Waals surface area contributed by atoms with Crippen LogP contribution >= 0.6 is 0 Å². The first-order valence-corrected chi connectivity index (χ1v) is 8.03. The molecule has 0 saturated carbocycles. The molecule has 27 heavy (non-hydrogen) atoms. The molecule has 0 aromatic heterocycles. The van der Waals surface area contributed by atoms with Crippen LogP contribution in [0.25, 0.3) is 0 Å². The van der Waals surface area contributed by atoms with Gasteiger partial charge in [-0.2, -0.15) is 0 Å². The fraction of sp³-hybridized carbons (Fsp3) is 0.222. The molecule has 0 spiro atoms. The zero-order valence-electron chi connectivity index (χ0n) is 14.9. The molecule has 2 N–H and O–H groups in total. The molecule has 0 radical (unpaired) electrons. The highest BCUT2D eigenvalue weighted by atomic mass is 19.1. The molecule has 2 aromatic carbocycles. The number of amides is 2. The van der Waals surface area contributed by atoms with Crippen LogP contribution in [0.1, 0.15) is 5.56 Å². The monoisotopic (exact) mass is 374 g/mol. The number of aryl methyl sites for hydroxylation is 1. The zero-order valence-corrected chi connectivity index (χ0v) is 14.9. The van der Waals surface area contributed by atoms with Crippen molar-refractivity contribution in [3.8, 4) is 0 Å². The number of hydrogen-bond donors (Lipinski definition) is 2. The van der Waals surface area contributed by atoms with Crippen molar-refractivity contribution in [3.63, 3.8) is 0 Å². The first-order valence-electron chi connectivity index (χ1n) is 8.03. The Labute approximate surface area is 155 Å². The Hall–Kier alpha value is -3.33. The van der Waals surface area contributed by atoms with E-state index in [-0.39, 0.29) is 30.6 Å². The zero-order chi connectivity index (χ0) is 20.0. The Bertz CT molecular complexity index is 872. The lowest BCUT2D eigenvalue weighted by atomic mass is 10.2. The van der Waals surface area contributed by atoms with Crippen molar-refractivity contribution in [1.82, 2.24) is 4.90 Å². The minimum absolute atomic E-state index is 0.0587. The Morgan fingerprint density at radius 3 is 2.37 bits per heavy atom. The number of benzene rings is 2. The number of nitro benzene ring substituents is 1. The number of halogens is 1. The van der Waals surface area contributed by atoms with Gasteiger partial charge in [0, 0.05) is 23.5 Å². The van der Waals surface area contributed by atoms with Gasteiger partial charge < -0.3 is 10.6 Å². The molecule has 0 saturated heterocycles. The number of anilines is 2. The van der Waals surface area contributed by atoms with E-state index in [0.717, 1.165) is 0 Å². The summed E-state index contributed by atoms with van der Waals surface area (Å²) in [5, 5.41) is 15.9. The van der Waals surface area contributed by atoms with Crippen molar-refractivity contribution in [3.05, 3.63) is 64.0 Å². The number of non-ortho nitro benzene ring substituents is 1. The lowest BCUT2D eigenvalue weighted by molar-refractivity contribution is -0.384. The van der Waals surface area contributed by atoms with Crippen molar-refractivity contribution in [2.24, 2.45) is 0 Å². The fourth-order valence-electron chi connectivity index (χ4n) is 2.40. The van der Waals surface area contributed by atoms with Crippen molar-refractivity contribution in [2.45, 2.75) is 6.92 Å². The molecule has 0 fully saturated rings. The maximum atomic E-state index is 13.1. The molecule has 0 bridgehead atoms. The molecule has 0 aliphatic heterocycles. The minimum Gasteiger partial charge on any atom is -0.325 e. The first-order chi connectivity index (χ1) is 12.7. The van der Waals surface area contributed by atoms with Crippen LogP contribution in [-0.4, -0.2) is 41.8 Å². The summed E-state index contributed by atoms with van der Waals surface area (Å²) in [6.45, 7) is 1.52. The SMILES string of the molecule is Cc1cc([N+](=O)[O-])ccc1NC(=O)CN(C)CC(=O)Nc1cccc(F)c1. The predicted molar refractivity (Wildman–Crippen MR) is 99.0 cm³/mol. The van der Waals surface area contributed by atoms with Crippen LogP contribution in [0.3, 0.4) is 0 Å². The lowest BCUT2D eigenvalue weighted by Gasteiger charge is -2.16. The van der Waals surface area contributed by atoms with E-state index in [9.17, 15) is 24.1 Å². The summed E-state index contributed by atoms with van der Waals surface area (Å²) in [5.41, 5.74) is 1.29. The van der Waals surface area contributed by atoms with Gasteiger partial charge in [0.05, 0.1) is 18.0 Å². The van der Waals surface area contributed by atoms with Gasteiger partial charge in [0.15, 0.2) is 0 Å². The third-order valence-corrected chi connectivity index (χ3v) is 3.63. The Morgan fingerprint density at radius 2 is 1.78 bits per heavy atom. The van der Waals surface area contributed by atoms with E-state index in [1.165, 1.54) is 41.3 Å². The number of carbonyl (C=O) groups is 2. The standard InChI is InChI=1S/C18H19FN4O4/c1-12-8-15(23(26)27)6-7-16(12)21-18(25)11-22(2)10-17(24)20-14-5-3-4-13(19)9-14/h3-9H,10-11H2,1-2H3,(H,20,24)(H,21,25). The second-order valence-electron chi connectivity index (χ2n) is 6.04. The van der Waals surface area contributed by atoms with Crippen LogP contribution in [-0.2, 0) is 9.59 Å². The van der Waals surface area contributed by atoms with Gasteiger partial charge in [-0.1, -0.05) is 6.07 Å². The number of likely N-dealkylation sites (N-methyl/N-ethyl adjacent to an activating group) is 1. The van der Waals surface area contributed by atoms with Crippen LogP contribution in [0, 0.1) is 22.9 Å². The van der Waals surface area contributed by atoms with Gasteiger partial charge in [-0.05, 0) is 43.8 Å². The van der Waals surface area contributed by atoms with E-state index in [4.69, 9.17) is 0 Å². The highest BCUT2D eigenvalue weighted by Gasteiger charge is 2.14. The van der Waals surface area contributed by atoms with Crippen molar-refractivity contribution in [2.75, 3.05) is 30.8 Å². The Balaban J connectivity index is 1.86. The number of nitrogens with one attached hydrogen (secondary N) is 2.